The lowest BCUT2D eigenvalue weighted by Gasteiger charge is -2.10. The Morgan fingerprint density at radius 2 is 2.33 bits per heavy atom. The Kier molecular flexibility index (Phi) is 6.28. The van der Waals surface area contributed by atoms with Crippen molar-refractivity contribution in [3.63, 3.8) is 0 Å². The lowest BCUT2D eigenvalue weighted by Crippen LogP contribution is -2.32. The molecule has 1 atom stereocenters. The molecule has 0 radical (unpaired) electrons. The zero-order valence-corrected chi connectivity index (χ0v) is 10.5. The molecule has 1 rings (SSSR count). The van der Waals surface area contributed by atoms with Crippen LogP contribution in [0.4, 0.5) is 4.39 Å². The maximum absolute atomic E-state index is 12.8. The number of nitrogens with zero attached hydrogens (tertiary/aromatic N) is 1. The molecule has 0 fully saturated rings. The second kappa shape index (κ2) is 7.76. The highest BCUT2D eigenvalue weighted by molar-refractivity contribution is 5.76. The summed E-state index contributed by atoms with van der Waals surface area (Å²) >= 11 is 0. The van der Waals surface area contributed by atoms with Crippen LogP contribution >= 0.6 is 0 Å². The number of rotatable bonds is 7. The van der Waals surface area contributed by atoms with Gasteiger partial charge in [0.1, 0.15) is 5.82 Å². The van der Waals surface area contributed by atoms with Crippen LogP contribution < -0.4 is 5.32 Å². The van der Waals surface area contributed by atoms with Crippen LogP contribution in [0.3, 0.4) is 0 Å². The zero-order valence-electron chi connectivity index (χ0n) is 10.5. The molecule has 0 spiro atoms. The Labute approximate surface area is 106 Å². The Hall–Kier alpha value is -1.49. The van der Waals surface area contributed by atoms with E-state index in [-0.39, 0.29) is 18.9 Å². The highest BCUT2D eigenvalue weighted by atomic mass is 19.1. The lowest BCUT2D eigenvalue weighted by atomic mass is 10.1. The SMILES string of the molecule is CCCC(O)CNC(=O)CCc1cncc(F)c1. The molecule has 0 saturated heterocycles. The minimum atomic E-state index is -0.491. The molecule has 0 aliphatic heterocycles. The van der Waals surface area contributed by atoms with Gasteiger partial charge in [-0.15, -0.1) is 0 Å². The van der Waals surface area contributed by atoms with E-state index in [2.05, 4.69) is 10.3 Å². The Balaban J connectivity index is 2.25. The number of hydrogen-bond donors (Lipinski definition) is 2. The summed E-state index contributed by atoms with van der Waals surface area (Å²) < 4.78 is 12.8. The van der Waals surface area contributed by atoms with Gasteiger partial charge in [-0.25, -0.2) is 4.39 Å². The molecule has 0 aliphatic rings. The molecule has 0 aromatic carbocycles. The fourth-order valence-electron chi connectivity index (χ4n) is 1.61. The summed E-state index contributed by atoms with van der Waals surface area (Å²) in [7, 11) is 0. The maximum Gasteiger partial charge on any atom is 0.220 e. The second-order valence-electron chi connectivity index (χ2n) is 4.26. The van der Waals surface area contributed by atoms with Crippen LogP contribution in [0.25, 0.3) is 0 Å². The molecular weight excluding hydrogens is 235 g/mol. The fourth-order valence-corrected chi connectivity index (χ4v) is 1.61. The first kappa shape index (κ1) is 14.6. The van der Waals surface area contributed by atoms with Gasteiger partial charge in [0.25, 0.3) is 0 Å². The highest BCUT2D eigenvalue weighted by Crippen LogP contribution is 2.04. The van der Waals surface area contributed by atoms with Crippen molar-refractivity contribution in [2.24, 2.45) is 0 Å². The number of aromatic nitrogens is 1. The molecule has 1 amide bonds. The van der Waals surface area contributed by atoms with E-state index in [0.29, 0.717) is 18.4 Å². The van der Waals surface area contributed by atoms with Crippen LogP contribution in [0.2, 0.25) is 0 Å². The van der Waals surface area contributed by atoms with Gasteiger partial charge in [-0.3, -0.25) is 9.78 Å². The topological polar surface area (TPSA) is 62.2 Å². The van der Waals surface area contributed by atoms with Gasteiger partial charge in [-0.1, -0.05) is 13.3 Å². The smallest absolute Gasteiger partial charge is 0.220 e. The van der Waals surface area contributed by atoms with Gasteiger partial charge >= 0.3 is 0 Å². The van der Waals surface area contributed by atoms with Gasteiger partial charge in [0.05, 0.1) is 12.3 Å². The summed E-state index contributed by atoms with van der Waals surface area (Å²) in [5.41, 5.74) is 0.694. The molecule has 2 N–H and O–H groups in total. The number of aliphatic hydroxyl groups is 1. The van der Waals surface area contributed by atoms with Crippen LogP contribution in [0.15, 0.2) is 18.5 Å². The van der Waals surface area contributed by atoms with Crippen LogP contribution in [0.1, 0.15) is 31.7 Å². The molecule has 0 bridgehead atoms. The number of carbonyl (C=O) groups is 1. The van der Waals surface area contributed by atoms with Crippen molar-refractivity contribution in [2.45, 2.75) is 38.7 Å². The first-order valence-electron chi connectivity index (χ1n) is 6.16. The molecule has 4 nitrogen and oxygen atoms in total. The number of pyridine rings is 1. The normalized spacial score (nSPS) is 12.2. The van der Waals surface area contributed by atoms with Crippen LogP contribution in [0.5, 0.6) is 0 Å². The molecule has 100 valence electrons. The third kappa shape index (κ3) is 5.72. The number of carbonyl (C=O) groups excluding carboxylic acids is 1. The van der Waals surface area contributed by atoms with Gasteiger partial charge in [0.15, 0.2) is 0 Å². The van der Waals surface area contributed by atoms with Gasteiger partial charge < -0.3 is 10.4 Å². The van der Waals surface area contributed by atoms with Gasteiger partial charge in [-0.05, 0) is 24.5 Å². The summed E-state index contributed by atoms with van der Waals surface area (Å²) in [6.07, 6.45) is 4.45. The summed E-state index contributed by atoms with van der Waals surface area (Å²) in [6.45, 7) is 2.25. The maximum atomic E-state index is 12.8. The van der Waals surface area contributed by atoms with Crippen molar-refractivity contribution in [1.82, 2.24) is 10.3 Å². The average Bonchev–Trinajstić information content (AvgIpc) is 2.34. The van der Waals surface area contributed by atoms with Crippen LogP contribution in [-0.4, -0.2) is 28.6 Å². The van der Waals surface area contributed by atoms with E-state index >= 15 is 0 Å². The van der Waals surface area contributed by atoms with E-state index < -0.39 is 11.9 Å². The zero-order chi connectivity index (χ0) is 13.4. The molecule has 0 aliphatic carbocycles. The third-order valence-electron chi connectivity index (χ3n) is 2.56. The molecule has 18 heavy (non-hydrogen) atoms. The van der Waals surface area contributed by atoms with E-state index in [1.807, 2.05) is 6.92 Å². The van der Waals surface area contributed by atoms with Gasteiger partial charge in [-0.2, -0.15) is 0 Å². The Morgan fingerprint density at radius 1 is 1.56 bits per heavy atom. The van der Waals surface area contributed by atoms with Crippen LogP contribution in [0, 0.1) is 5.82 Å². The van der Waals surface area contributed by atoms with E-state index in [1.54, 1.807) is 6.20 Å². The Bertz CT molecular complexity index is 385. The van der Waals surface area contributed by atoms with E-state index in [1.165, 1.54) is 6.07 Å². The molecule has 1 aromatic rings. The summed E-state index contributed by atoms with van der Waals surface area (Å²) in [4.78, 5) is 15.2. The number of nitrogens with one attached hydrogen (secondary N) is 1. The third-order valence-corrected chi connectivity index (χ3v) is 2.56. The number of amides is 1. The molecule has 1 aromatic heterocycles. The Morgan fingerprint density at radius 3 is 3.00 bits per heavy atom. The second-order valence-corrected chi connectivity index (χ2v) is 4.26. The number of aryl methyl sites for hydroxylation is 1. The molecule has 1 heterocycles. The number of aliphatic hydroxyl groups excluding tert-OH is 1. The first-order chi connectivity index (χ1) is 8.61. The highest BCUT2D eigenvalue weighted by Gasteiger charge is 2.06. The quantitative estimate of drug-likeness (QED) is 0.773. The van der Waals surface area contributed by atoms with E-state index in [9.17, 15) is 14.3 Å². The average molecular weight is 254 g/mol. The number of halogens is 1. The van der Waals surface area contributed by atoms with E-state index in [4.69, 9.17) is 0 Å². The molecule has 0 saturated carbocycles. The number of hydrogen-bond acceptors (Lipinski definition) is 3. The molecule has 1 unspecified atom stereocenters. The van der Waals surface area contributed by atoms with Crippen molar-refractivity contribution in [3.05, 3.63) is 29.8 Å². The minimum absolute atomic E-state index is 0.144. The van der Waals surface area contributed by atoms with Gasteiger partial charge in [0.2, 0.25) is 5.91 Å². The van der Waals surface area contributed by atoms with Gasteiger partial charge in [0, 0.05) is 19.2 Å². The molecular formula is C13H19FN2O2. The van der Waals surface area contributed by atoms with Crippen molar-refractivity contribution < 1.29 is 14.3 Å². The predicted molar refractivity (Wildman–Crippen MR) is 66.4 cm³/mol. The summed E-state index contributed by atoms with van der Waals surface area (Å²) in [5, 5.41) is 12.1. The minimum Gasteiger partial charge on any atom is -0.391 e. The molecule has 5 heteroatoms. The lowest BCUT2D eigenvalue weighted by molar-refractivity contribution is -0.121. The first-order valence-corrected chi connectivity index (χ1v) is 6.16. The monoisotopic (exact) mass is 254 g/mol. The van der Waals surface area contributed by atoms with Crippen molar-refractivity contribution in [3.8, 4) is 0 Å². The fraction of sp³-hybridized carbons (Fsp3) is 0.538. The van der Waals surface area contributed by atoms with Crippen molar-refractivity contribution in [1.29, 1.82) is 0 Å². The summed E-state index contributed by atoms with van der Waals surface area (Å²) in [5.74, 6) is -0.541. The van der Waals surface area contributed by atoms with Crippen LogP contribution in [-0.2, 0) is 11.2 Å². The van der Waals surface area contributed by atoms with Crippen molar-refractivity contribution >= 4 is 5.91 Å². The predicted octanol–water partition coefficient (Wildman–Crippen LogP) is 1.43. The summed E-state index contributed by atoms with van der Waals surface area (Å²) in [6, 6.07) is 1.37. The standard InChI is InChI=1S/C13H19FN2O2/c1-2-3-12(17)9-16-13(18)5-4-10-6-11(14)8-15-7-10/h6-8,12,17H,2-5,9H2,1H3,(H,16,18). The van der Waals surface area contributed by atoms with Crippen molar-refractivity contribution in [2.75, 3.05) is 6.54 Å². The largest absolute Gasteiger partial charge is 0.391 e. The van der Waals surface area contributed by atoms with E-state index in [0.717, 1.165) is 12.6 Å².